The summed E-state index contributed by atoms with van der Waals surface area (Å²) in [6, 6.07) is 14.9. The van der Waals surface area contributed by atoms with Crippen molar-refractivity contribution in [1.29, 1.82) is 0 Å². The van der Waals surface area contributed by atoms with Gasteiger partial charge in [0.25, 0.3) is 11.8 Å². The molecule has 4 aromatic carbocycles. The molecule has 4 rings (SSSR count). The molecule has 6 heteroatoms. The SMILES string of the molecule is NNC(=O)c1ccc2ccc3ccc(C(=O)NN)c4ccc1c2c34. The van der Waals surface area contributed by atoms with Crippen molar-refractivity contribution < 1.29 is 9.59 Å². The van der Waals surface area contributed by atoms with Crippen molar-refractivity contribution in [3.63, 3.8) is 0 Å². The predicted molar refractivity (Wildman–Crippen MR) is 93.5 cm³/mol. The van der Waals surface area contributed by atoms with Gasteiger partial charge in [-0.3, -0.25) is 20.4 Å². The van der Waals surface area contributed by atoms with Crippen molar-refractivity contribution in [3.8, 4) is 0 Å². The molecule has 0 radical (unpaired) electrons. The van der Waals surface area contributed by atoms with Crippen LogP contribution >= 0.6 is 0 Å². The summed E-state index contributed by atoms with van der Waals surface area (Å²) < 4.78 is 0. The van der Waals surface area contributed by atoms with E-state index in [-0.39, 0.29) is 11.8 Å². The molecule has 4 aromatic rings. The third-order valence-corrected chi connectivity index (χ3v) is 4.42. The molecular formula is C18H14N4O2. The zero-order valence-corrected chi connectivity index (χ0v) is 12.6. The first-order valence-corrected chi connectivity index (χ1v) is 7.38. The molecule has 0 aliphatic carbocycles. The molecule has 6 N–H and O–H groups in total. The highest BCUT2D eigenvalue weighted by Gasteiger charge is 2.17. The van der Waals surface area contributed by atoms with E-state index in [4.69, 9.17) is 11.7 Å². The number of nitrogens with two attached hydrogens (primary N) is 2. The number of hydrogen-bond donors (Lipinski definition) is 4. The van der Waals surface area contributed by atoms with Gasteiger partial charge >= 0.3 is 0 Å². The minimum Gasteiger partial charge on any atom is -0.290 e. The fourth-order valence-corrected chi connectivity index (χ4v) is 3.35. The van der Waals surface area contributed by atoms with Crippen LogP contribution in [0, 0.1) is 0 Å². The lowest BCUT2D eigenvalue weighted by molar-refractivity contribution is 0.0947. The Hall–Kier alpha value is -3.22. The summed E-state index contributed by atoms with van der Waals surface area (Å²) in [6.07, 6.45) is 0. The van der Waals surface area contributed by atoms with Gasteiger partial charge in [-0.15, -0.1) is 0 Å². The van der Waals surface area contributed by atoms with Crippen LogP contribution in [0.1, 0.15) is 20.7 Å². The molecule has 0 aliphatic heterocycles. The van der Waals surface area contributed by atoms with Crippen molar-refractivity contribution in [2.45, 2.75) is 0 Å². The quantitative estimate of drug-likeness (QED) is 0.195. The number of nitrogen functional groups attached to an aromatic ring is 2. The van der Waals surface area contributed by atoms with E-state index in [0.717, 1.165) is 32.3 Å². The molecule has 0 saturated carbocycles. The molecule has 0 fully saturated rings. The molecule has 0 bridgehead atoms. The largest absolute Gasteiger partial charge is 0.290 e. The van der Waals surface area contributed by atoms with Crippen LogP contribution in [0.25, 0.3) is 32.3 Å². The van der Waals surface area contributed by atoms with E-state index < -0.39 is 0 Å². The Morgan fingerprint density at radius 1 is 0.625 bits per heavy atom. The highest BCUT2D eigenvalue weighted by atomic mass is 16.2. The summed E-state index contributed by atoms with van der Waals surface area (Å²) in [4.78, 5) is 24.1. The van der Waals surface area contributed by atoms with Crippen LogP contribution in [0.5, 0.6) is 0 Å². The van der Waals surface area contributed by atoms with Crippen LogP contribution in [0.4, 0.5) is 0 Å². The molecule has 6 nitrogen and oxygen atoms in total. The zero-order chi connectivity index (χ0) is 16.8. The lowest BCUT2D eigenvalue weighted by Crippen LogP contribution is -2.30. The minimum absolute atomic E-state index is 0.354. The Morgan fingerprint density at radius 2 is 1.00 bits per heavy atom. The van der Waals surface area contributed by atoms with Crippen molar-refractivity contribution in [2.24, 2.45) is 11.7 Å². The highest BCUT2D eigenvalue weighted by molar-refractivity contribution is 6.28. The number of benzene rings is 4. The summed E-state index contributed by atoms with van der Waals surface area (Å²) in [5.74, 6) is 9.87. The van der Waals surface area contributed by atoms with E-state index in [1.807, 2.05) is 36.4 Å². The minimum atomic E-state index is -0.354. The molecule has 0 unspecified atom stereocenters. The molecule has 2 amide bonds. The number of amides is 2. The maximum Gasteiger partial charge on any atom is 0.265 e. The second kappa shape index (κ2) is 5.16. The predicted octanol–water partition coefficient (Wildman–Crippen LogP) is 1.79. The third-order valence-electron chi connectivity index (χ3n) is 4.42. The first kappa shape index (κ1) is 14.4. The number of nitrogens with one attached hydrogen (secondary N) is 2. The van der Waals surface area contributed by atoms with Crippen LogP contribution in [0.15, 0.2) is 48.5 Å². The Morgan fingerprint density at radius 3 is 1.38 bits per heavy atom. The number of carbonyl (C=O) groups excluding carboxylic acids is 2. The summed E-state index contributed by atoms with van der Waals surface area (Å²) in [5, 5.41) is 5.41. The average Bonchev–Trinajstić information content (AvgIpc) is 2.64. The van der Waals surface area contributed by atoms with Gasteiger partial charge in [-0.1, -0.05) is 36.4 Å². The first-order chi connectivity index (χ1) is 11.7. The van der Waals surface area contributed by atoms with E-state index in [2.05, 4.69) is 10.9 Å². The van der Waals surface area contributed by atoms with Crippen molar-refractivity contribution in [2.75, 3.05) is 0 Å². The van der Waals surface area contributed by atoms with E-state index in [0.29, 0.717) is 11.1 Å². The summed E-state index contributed by atoms with van der Waals surface area (Å²) in [6.45, 7) is 0. The van der Waals surface area contributed by atoms with Crippen LogP contribution in [0.3, 0.4) is 0 Å². The lowest BCUT2D eigenvalue weighted by atomic mass is 9.90. The van der Waals surface area contributed by atoms with Crippen molar-refractivity contribution >= 4 is 44.1 Å². The molecule has 0 atom stereocenters. The second-order valence-corrected chi connectivity index (χ2v) is 5.60. The number of hydrazine groups is 2. The van der Waals surface area contributed by atoms with E-state index in [1.165, 1.54) is 0 Å². The molecule has 0 aromatic heterocycles. The maximum absolute atomic E-state index is 12.1. The summed E-state index contributed by atoms with van der Waals surface area (Å²) in [7, 11) is 0. The van der Waals surface area contributed by atoms with Gasteiger partial charge in [0.05, 0.1) is 0 Å². The normalized spacial score (nSPS) is 11.2. The number of rotatable bonds is 2. The highest BCUT2D eigenvalue weighted by Crippen LogP contribution is 2.37. The maximum atomic E-state index is 12.1. The smallest absolute Gasteiger partial charge is 0.265 e. The lowest BCUT2D eigenvalue weighted by Gasteiger charge is -2.15. The average molecular weight is 318 g/mol. The van der Waals surface area contributed by atoms with E-state index in [1.54, 1.807) is 12.1 Å². The Bertz CT molecular complexity index is 1030. The zero-order valence-electron chi connectivity index (χ0n) is 12.6. The topological polar surface area (TPSA) is 110 Å². The van der Waals surface area contributed by atoms with Crippen molar-refractivity contribution in [3.05, 3.63) is 59.7 Å². The van der Waals surface area contributed by atoms with Gasteiger partial charge in [0.15, 0.2) is 0 Å². The van der Waals surface area contributed by atoms with Gasteiger partial charge < -0.3 is 0 Å². The van der Waals surface area contributed by atoms with Crippen LogP contribution < -0.4 is 22.5 Å². The number of hydrogen-bond acceptors (Lipinski definition) is 4. The fourth-order valence-electron chi connectivity index (χ4n) is 3.35. The Balaban J connectivity index is 2.21. The van der Waals surface area contributed by atoms with Gasteiger partial charge in [-0.2, -0.15) is 0 Å². The van der Waals surface area contributed by atoms with E-state index >= 15 is 0 Å². The second-order valence-electron chi connectivity index (χ2n) is 5.60. The third kappa shape index (κ3) is 1.84. The van der Waals surface area contributed by atoms with Crippen LogP contribution in [-0.4, -0.2) is 11.8 Å². The summed E-state index contributed by atoms with van der Waals surface area (Å²) >= 11 is 0. The van der Waals surface area contributed by atoms with Gasteiger partial charge in [0.2, 0.25) is 0 Å². The van der Waals surface area contributed by atoms with Crippen LogP contribution in [0.2, 0.25) is 0 Å². The molecule has 0 heterocycles. The molecule has 118 valence electrons. The molecule has 24 heavy (non-hydrogen) atoms. The number of carbonyl (C=O) groups is 2. The monoisotopic (exact) mass is 318 g/mol. The van der Waals surface area contributed by atoms with Gasteiger partial charge in [-0.05, 0) is 44.5 Å². The molecule has 0 aliphatic rings. The van der Waals surface area contributed by atoms with Gasteiger partial charge in [-0.25, -0.2) is 11.7 Å². The van der Waals surface area contributed by atoms with Crippen molar-refractivity contribution in [1.82, 2.24) is 10.9 Å². The molecular weight excluding hydrogens is 304 g/mol. The van der Waals surface area contributed by atoms with E-state index in [9.17, 15) is 9.59 Å². The fraction of sp³-hybridized carbons (Fsp3) is 0. The first-order valence-electron chi connectivity index (χ1n) is 7.38. The summed E-state index contributed by atoms with van der Waals surface area (Å²) in [5.41, 5.74) is 5.34. The standard InChI is InChI=1S/C18H14N4O2/c19-21-17(23)13-5-3-9-1-2-10-4-6-14(18(24)22-20)12-8-7-11(13)15(9)16(10)12/h1-8H,19-20H2,(H,21,23)(H,22,24). The van der Waals surface area contributed by atoms with Crippen LogP contribution in [-0.2, 0) is 0 Å². The molecule has 0 saturated heterocycles. The molecule has 0 spiro atoms. The Labute approximate surface area is 136 Å². The Kier molecular flexibility index (Phi) is 3.09. The van der Waals surface area contributed by atoms with Gasteiger partial charge in [0.1, 0.15) is 0 Å². The van der Waals surface area contributed by atoms with Gasteiger partial charge in [0, 0.05) is 11.1 Å².